The van der Waals surface area contributed by atoms with Gasteiger partial charge in [0.2, 0.25) is 5.60 Å². The lowest BCUT2D eigenvalue weighted by molar-refractivity contribution is -0.316. The second kappa shape index (κ2) is 11.2. The van der Waals surface area contributed by atoms with Gasteiger partial charge in [-0.15, -0.1) is 0 Å². The Bertz CT molecular complexity index is 1270. The Balaban J connectivity index is 1.97. The van der Waals surface area contributed by atoms with Gasteiger partial charge in [-0.2, -0.15) is 13.2 Å². The van der Waals surface area contributed by atoms with E-state index in [0.717, 1.165) is 0 Å². The molecule has 0 fully saturated rings. The van der Waals surface area contributed by atoms with Crippen LogP contribution in [0.3, 0.4) is 0 Å². The van der Waals surface area contributed by atoms with Crippen LogP contribution in [0.15, 0.2) is 41.1 Å². The van der Waals surface area contributed by atoms with Crippen LogP contribution in [0, 0.1) is 0 Å². The van der Waals surface area contributed by atoms with E-state index in [1.807, 2.05) is 0 Å². The normalized spacial score (nSPS) is 17.1. The van der Waals surface area contributed by atoms with Crippen LogP contribution in [0.25, 0.3) is 10.9 Å². The van der Waals surface area contributed by atoms with E-state index in [2.05, 4.69) is 31.2 Å². The van der Waals surface area contributed by atoms with E-state index in [1.165, 1.54) is 25.6 Å². The SMILES string of the molecule is COc1cc2c(Nc3ccc(Br)c(Cl)c3)ncnc2cc1C(O)[C@H](O)[C@@H](O)[C@H](O)[C@](O)(CO)C(F)(F)F. The molecule has 15 heteroatoms. The van der Waals surface area contributed by atoms with Crippen LogP contribution in [0.1, 0.15) is 11.7 Å². The fraction of sp³-hybridized carbons (Fsp3) is 0.364. The molecule has 3 aromatic rings. The maximum absolute atomic E-state index is 13.2. The first kappa shape index (κ1) is 29.3. The summed E-state index contributed by atoms with van der Waals surface area (Å²) in [6.07, 6.45) is -14.8. The first-order valence-corrected chi connectivity index (χ1v) is 11.6. The minimum atomic E-state index is -5.56. The average molecular weight is 613 g/mol. The van der Waals surface area contributed by atoms with Crippen LogP contribution in [0.2, 0.25) is 5.02 Å². The summed E-state index contributed by atoms with van der Waals surface area (Å²) >= 11 is 9.41. The zero-order valence-corrected chi connectivity index (χ0v) is 21.2. The molecule has 1 aromatic heterocycles. The zero-order valence-electron chi connectivity index (χ0n) is 18.9. The van der Waals surface area contributed by atoms with Crippen molar-refractivity contribution in [2.75, 3.05) is 19.0 Å². The highest BCUT2D eigenvalue weighted by atomic mass is 79.9. The Kier molecular flexibility index (Phi) is 8.86. The van der Waals surface area contributed by atoms with Crippen LogP contribution in [0.4, 0.5) is 24.7 Å². The molecule has 0 aliphatic rings. The lowest BCUT2D eigenvalue weighted by atomic mass is 9.87. The van der Waals surface area contributed by atoms with Gasteiger partial charge in [-0.25, -0.2) is 9.97 Å². The van der Waals surface area contributed by atoms with Crippen molar-refractivity contribution in [1.29, 1.82) is 0 Å². The molecule has 202 valence electrons. The molecule has 0 saturated carbocycles. The number of aromatic nitrogens is 2. The van der Waals surface area contributed by atoms with Crippen LogP contribution in [-0.4, -0.2) is 84.4 Å². The van der Waals surface area contributed by atoms with Crippen molar-refractivity contribution in [3.63, 3.8) is 0 Å². The second-order valence-electron chi connectivity index (χ2n) is 8.04. The van der Waals surface area contributed by atoms with Gasteiger partial charge in [0.25, 0.3) is 0 Å². The standard InChI is InChI=1S/C22H22BrClF3N3O7/c1-37-15-6-10-14(28-8-29-20(10)30-9-2-3-12(23)13(24)4-9)5-11(15)16(32)17(33)18(34)19(35)21(36,7-31)22(25,26)27/h2-6,8,16-19,31-36H,7H2,1H3,(H,28,29,30)/t16?,17-,18+,19-,21+/m0/s1. The Hall–Kier alpha value is -2.30. The molecule has 0 aliphatic heterocycles. The first-order chi connectivity index (χ1) is 17.2. The maximum Gasteiger partial charge on any atom is 0.422 e. The second-order valence-corrected chi connectivity index (χ2v) is 9.30. The number of methoxy groups -OCH3 is 1. The van der Waals surface area contributed by atoms with Crippen LogP contribution in [0.5, 0.6) is 5.75 Å². The molecule has 0 radical (unpaired) electrons. The van der Waals surface area contributed by atoms with Crippen LogP contribution in [-0.2, 0) is 0 Å². The summed E-state index contributed by atoms with van der Waals surface area (Å²) in [6, 6.07) is 7.68. The summed E-state index contributed by atoms with van der Waals surface area (Å²) in [6.45, 7) is -2.01. The topological polar surface area (TPSA) is 168 Å². The van der Waals surface area contributed by atoms with E-state index < -0.39 is 42.8 Å². The van der Waals surface area contributed by atoms with Crippen LogP contribution < -0.4 is 10.1 Å². The summed E-state index contributed by atoms with van der Waals surface area (Å²) in [5, 5.41) is 63.7. The van der Waals surface area contributed by atoms with E-state index in [0.29, 0.717) is 26.4 Å². The van der Waals surface area contributed by atoms with Gasteiger partial charge in [0.15, 0.2) is 0 Å². The molecule has 37 heavy (non-hydrogen) atoms. The Labute approximate surface area is 221 Å². The van der Waals surface area contributed by atoms with Crippen molar-refractivity contribution in [2.24, 2.45) is 0 Å². The van der Waals surface area contributed by atoms with E-state index in [9.17, 15) is 38.7 Å². The van der Waals surface area contributed by atoms with Gasteiger partial charge in [0.05, 0.1) is 24.3 Å². The van der Waals surface area contributed by atoms with Gasteiger partial charge >= 0.3 is 6.18 Å². The molecule has 0 saturated heterocycles. The number of benzene rings is 2. The predicted molar refractivity (Wildman–Crippen MR) is 130 cm³/mol. The number of fused-ring (bicyclic) bond motifs is 1. The Morgan fingerprint density at radius 3 is 2.32 bits per heavy atom. The molecular weight excluding hydrogens is 591 g/mol. The van der Waals surface area contributed by atoms with Gasteiger partial charge in [-0.1, -0.05) is 11.6 Å². The van der Waals surface area contributed by atoms with E-state index in [-0.39, 0.29) is 16.8 Å². The number of hydrogen-bond acceptors (Lipinski definition) is 10. The quantitative estimate of drug-likeness (QED) is 0.190. The van der Waals surface area contributed by atoms with Gasteiger partial charge in [0, 0.05) is 21.1 Å². The summed E-state index contributed by atoms with van der Waals surface area (Å²) in [7, 11) is 1.22. The number of halogens is 5. The minimum absolute atomic E-state index is 0.0688. The van der Waals surface area contributed by atoms with Crippen molar-refractivity contribution in [2.45, 2.75) is 36.2 Å². The van der Waals surface area contributed by atoms with Gasteiger partial charge in [-0.05, 0) is 46.3 Å². The third-order valence-corrected chi connectivity index (χ3v) is 6.94. The lowest BCUT2D eigenvalue weighted by Crippen LogP contribution is -2.63. The van der Waals surface area contributed by atoms with Gasteiger partial charge < -0.3 is 40.7 Å². The highest BCUT2D eigenvalue weighted by Crippen LogP contribution is 2.38. The number of alkyl halides is 3. The molecule has 2 aromatic carbocycles. The minimum Gasteiger partial charge on any atom is -0.496 e. The molecule has 0 bridgehead atoms. The molecule has 0 aliphatic carbocycles. The highest BCUT2D eigenvalue weighted by Gasteiger charge is 2.61. The average Bonchev–Trinajstić information content (AvgIpc) is 2.87. The largest absolute Gasteiger partial charge is 0.496 e. The highest BCUT2D eigenvalue weighted by molar-refractivity contribution is 9.10. The maximum atomic E-state index is 13.2. The Morgan fingerprint density at radius 2 is 1.76 bits per heavy atom. The summed E-state index contributed by atoms with van der Waals surface area (Å²) < 4.78 is 45.4. The first-order valence-electron chi connectivity index (χ1n) is 10.4. The summed E-state index contributed by atoms with van der Waals surface area (Å²) in [5.41, 5.74) is -3.58. The number of rotatable bonds is 9. The monoisotopic (exact) mass is 611 g/mol. The van der Waals surface area contributed by atoms with Crippen molar-refractivity contribution < 1.29 is 48.5 Å². The zero-order chi connectivity index (χ0) is 27.7. The number of anilines is 2. The number of aliphatic hydroxyl groups is 6. The van der Waals surface area contributed by atoms with Crippen molar-refractivity contribution in [3.8, 4) is 5.75 Å². The number of nitrogens with one attached hydrogen (secondary N) is 1. The molecule has 7 N–H and O–H groups in total. The van der Waals surface area contributed by atoms with Crippen molar-refractivity contribution in [3.05, 3.63) is 51.7 Å². The van der Waals surface area contributed by atoms with E-state index in [4.69, 9.17) is 21.4 Å². The smallest absolute Gasteiger partial charge is 0.422 e. The van der Waals surface area contributed by atoms with E-state index in [1.54, 1.807) is 18.2 Å². The molecule has 10 nitrogen and oxygen atoms in total. The van der Waals surface area contributed by atoms with Crippen LogP contribution >= 0.6 is 27.5 Å². The summed E-state index contributed by atoms with van der Waals surface area (Å²) in [5.74, 6) is 0.234. The van der Waals surface area contributed by atoms with E-state index >= 15 is 0 Å². The van der Waals surface area contributed by atoms with Gasteiger partial charge in [-0.3, -0.25) is 0 Å². The molecule has 3 rings (SSSR count). The Morgan fingerprint density at radius 1 is 1.08 bits per heavy atom. The molecule has 5 atom stereocenters. The third-order valence-electron chi connectivity index (χ3n) is 5.71. The number of ether oxygens (including phenoxy) is 1. The fourth-order valence-corrected chi connectivity index (χ4v) is 3.94. The van der Waals surface area contributed by atoms with Crippen molar-refractivity contribution in [1.82, 2.24) is 9.97 Å². The number of nitrogens with zero attached hydrogens (tertiary/aromatic N) is 2. The fourth-order valence-electron chi connectivity index (χ4n) is 3.51. The number of aliphatic hydroxyl groups excluding tert-OH is 5. The molecule has 0 spiro atoms. The number of hydrogen-bond donors (Lipinski definition) is 7. The summed E-state index contributed by atoms with van der Waals surface area (Å²) in [4.78, 5) is 8.27. The van der Waals surface area contributed by atoms with Crippen molar-refractivity contribution >= 4 is 49.9 Å². The predicted octanol–water partition coefficient (Wildman–Crippen LogP) is 2.20. The van der Waals surface area contributed by atoms with Gasteiger partial charge in [0.1, 0.15) is 42.3 Å². The lowest BCUT2D eigenvalue weighted by Gasteiger charge is -2.37. The third kappa shape index (κ3) is 5.76. The molecule has 1 heterocycles. The molecular formula is C22H22BrClF3N3O7. The molecule has 1 unspecified atom stereocenters. The molecule has 0 amide bonds.